The van der Waals surface area contributed by atoms with Gasteiger partial charge in [-0.1, -0.05) is 11.1 Å². The number of rotatable bonds is 12. The molecule has 4 aromatic carbocycles. The Morgan fingerprint density at radius 3 is 2.23 bits per heavy atom. The summed E-state index contributed by atoms with van der Waals surface area (Å²) in [5.74, 6) is -3.54. The molecule has 1 heterocycles. The largest absolute Gasteiger partial charge is 0.506 e. The molecule has 0 saturated carbocycles. The van der Waals surface area contributed by atoms with Crippen molar-refractivity contribution in [1.82, 2.24) is 9.78 Å². The van der Waals surface area contributed by atoms with E-state index < -0.39 is 60.8 Å². The number of carboxylic acid groups (broad SMARTS) is 1. The number of nitrogens with zero attached hydrogens (tertiary/aromatic N) is 6. The van der Waals surface area contributed by atoms with Crippen LogP contribution in [0.3, 0.4) is 0 Å². The van der Waals surface area contributed by atoms with Gasteiger partial charge < -0.3 is 29.7 Å². The summed E-state index contributed by atoms with van der Waals surface area (Å²) in [4.78, 5) is 11.3. The van der Waals surface area contributed by atoms with E-state index in [0.717, 1.165) is 41.1 Å². The van der Waals surface area contributed by atoms with Crippen LogP contribution in [0.2, 0.25) is 0 Å². The Morgan fingerprint density at radius 2 is 1.63 bits per heavy atom. The van der Waals surface area contributed by atoms with Crippen molar-refractivity contribution in [3.05, 3.63) is 66.4 Å². The van der Waals surface area contributed by atoms with Gasteiger partial charge in [-0.15, -0.1) is 19.7 Å². The van der Waals surface area contributed by atoms with Gasteiger partial charge in [-0.3, -0.25) is 4.55 Å². The Hall–Kier alpha value is -3.91. The molecule has 0 amide bonds. The van der Waals surface area contributed by atoms with Crippen LogP contribution in [0.5, 0.6) is 23.1 Å². The molecule has 25 heteroatoms. The number of fused-ring (bicyclic) bond motifs is 1. The van der Waals surface area contributed by atoms with Crippen LogP contribution in [0.25, 0.3) is 16.5 Å². The summed E-state index contributed by atoms with van der Waals surface area (Å²) in [6.45, 7) is 0. The van der Waals surface area contributed by atoms with Crippen LogP contribution in [0, 0.1) is 0 Å². The number of aromatic carboxylic acids is 1. The fourth-order valence-corrected chi connectivity index (χ4v) is 5.81. The van der Waals surface area contributed by atoms with E-state index in [-0.39, 0.29) is 93.5 Å². The van der Waals surface area contributed by atoms with Crippen molar-refractivity contribution in [1.29, 1.82) is 0 Å². The number of carboxylic acids is 1. The number of ether oxygens (including phenoxy) is 1. The molecule has 5 rings (SSSR count). The van der Waals surface area contributed by atoms with E-state index in [1.165, 1.54) is 31.4 Å². The van der Waals surface area contributed by atoms with Crippen molar-refractivity contribution >= 4 is 72.7 Å². The fraction of sp³-hybridized carbons (Fsp3) is 0.0370. The standard InChI is InChI=1S/C27H20N6O14S3.Cu.Y/c1-45-19-10-17(18(34)11-21(19)49(40)41)29-30-22-20(48-47-46-39)8-12-2-3-13(9-16(12)25(22)35)28-31-23-24(27(37)38)32-33(26(23)36)14-4-6-15(7-5-14)50(42,43)44;;/h2-11,34-36,39H,1H3,(H,37,38)(H,40,41)(H,42,43,44);;. The Labute approximate surface area is 333 Å². The zero-order chi connectivity index (χ0) is 36.3. The van der Waals surface area contributed by atoms with Gasteiger partial charge in [0, 0.05) is 67.3 Å². The van der Waals surface area contributed by atoms with Gasteiger partial charge in [0.1, 0.15) is 27.8 Å². The summed E-state index contributed by atoms with van der Waals surface area (Å²) in [6, 6.07) is 12.0. The number of hydrogen-bond acceptors (Lipinski definition) is 17. The predicted molar refractivity (Wildman–Crippen MR) is 170 cm³/mol. The molecule has 1 aromatic heterocycles. The van der Waals surface area contributed by atoms with E-state index in [9.17, 15) is 47.0 Å². The van der Waals surface area contributed by atoms with Gasteiger partial charge >= 0.3 is 5.97 Å². The van der Waals surface area contributed by atoms with Crippen molar-refractivity contribution < 1.29 is 116 Å². The van der Waals surface area contributed by atoms with Crippen LogP contribution < -0.4 is 4.74 Å². The van der Waals surface area contributed by atoms with E-state index in [0.29, 0.717) is 17.4 Å². The first-order valence-electron chi connectivity index (χ1n) is 13.2. The first-order chi connectivity index (χ1) is 23.7. The number of hydrogen-bond donors (Lipinski definition) is 7. The Kier molecular flexibility index (Phi) is 14.5. The van der Waals surface area contributed by atoms with Crippen molar-refractivity contribution in [3.63, 3.8) is 0 Å². The number of aromatic nitrogens is 2. The van der Waals surface area contributed by atoms with Gasteiger partial charge in [0.15, 0.2) is 22.5 Å². The summed E-state index contributed by atoms with van der Waals surface area (Å²) >= 11 is -2.08. The topological polar surface area (TPSA) is 305 Å². The summed E-state index contributed by atoms with van der Waals surface area (Å²) < 4.78 is 63.2. The van der Waals surface area contributed by atoms with E-state index in [1.54, 1.807) is 0 Å². The maximum atomic E-state index is 11.9. The quantitative estimate of drug-likeness (QED) is 0.0145. The van der Waals surface area contributed by atoms with Gasteiger partial charge in [0.25, 0.3) is 10.1 Å². The first-order valence-corrected chi connectivity index (χ1v) is 16.4. The van der Waals surface area contributed by atoms with Gasteiger partial charge in [0.05, 0.1) is 40.3 Å². The van der Waals surface area contributed by atoms with Crippen LogP contribution >= 0.6 is 12.0 Å². The third-order valence-electron chi connectivity index (χ3n) is 6.58. The molecule has 0 spiro atoms. The number of azo groups is 2. The molecule has 2 radical (unpaired) electrons. The fourth-order valence-electron chi connectivity index (χ4n) is 4.31. The molecule has 0 aliphatic carbocycles. The maximum absolute atomic E-state index is 11.9. The van der Waals surface area contributed by atoms with Crippen molar-refractivity contribution in [2.45, 2.75) is 14.7 Å². The van der Waals surface area contributed by atoms with Crippen molar-refractivity contribution in [2.24, 2.45) is 20.5 Å². The summed E-state index contributed by atoms with van der Waals surface area (Å²) in [7, 11) is -3.30. The number of benzene rings is 4. The van der Waals surface area contributed by atoms with Gasteiger partial charge in [-0.05, 0) is 47.9 Å². The molecule has 0 bridgehead atoms. The second-order valence-electron chi connectivity index (χ2n) is 9.55. The molecule has 20 nitrogen and oxygen atoms in total. The van der Waals surface area contributed by atoms with E-state index in [4.69, 9.17) is 9.99 Å². The Balaban J connectivity index is 0.00000364. The van der Waals surface area contributed by atoms with E-state index in [2.05, 4.69) is 34.9 Å². The Bertz CT molecular complexity index is 2340. The predicted octanol–water partition coefficient (Wildman–Crippen LogP) is 5.93. The normalized spacial score (nSPS) is 12.2. The molecule has 0 aliphatic heterocycles. The van der Waals surface area contributed by atoms with Crippen LogP contribution in [0.1, 0.15) is 10.5 Å². The summed E-state index contributed by atoms with van der Waals surface area (Å²) in [5, 5.41) is 74.3. The molecule has 0 fully saturated rings. The smallest absolute Gasteiger partial charge is 0.358 e. The van der Waals surface area contributed by atoms with Crippen LogP contribution in [-0.2, 0) is 80.3 Å². The van der Waals surface area contributed by atoms with E-state index in [1.807, 2.05) is 0 Å². The van der Waals surface area contributed by atoms with Gasteiger partial charge in [-0.2, -0.15) is 23.3 Å². The number of carbonyl (C=O) groups is 1. The molecule has 52 heavy (non-hydrogen) atoms. The SMILES string of the molecule is COc1cc(N=Nc2c(SOOO)cc3ccc(N=Nc4c(C(=O)O)nn(-c5ccc(S(=O)(=O)O)cc5)c4O)cc3c2O)c(O)cc1S(=O)O.[Cu].[Y]. The molecular formula is C27H20CuN6O14S3Y. The summed E-state index contributed by atoms with van der Waals surface area (Å²) in [5.41, 5.74) is -1.74. The number of methoxy groups -OCH3 is 1. The first kappa shape index (κ1) is 42.5. The van der Waals surface area contributed by atoms with Gasteiger partial charge in [-0.25, -0.2) is 14.3 Å². The molecule has 0 aliphatic rings. The van der Waals surface area contributed by atoms with Crippen LogP contribution in [0.15, 0.2) is 95.8 Å². The number of phenols is 2. The minimum atomic E-state index is -4.52. The van der Waals surface area contributed by atoms with E-state index >= 15 is 0 Å². The molecule has 1 atom stereocenters. The average Bonchev–Trinajstić information content (AvgIpc) is 3.42. The molecule has 274 valence electrons. The molecule has 5 aromatic rings. The van der Waals surface area contributed by atoms with Crippen molar-refractivity contribution in [2.75, 3.05) is 7.11 Å². The second kappa shape index (κ2) is 17.7. The molecule has 0 saturated heterocycles. The van der Waals surface area contributed by atoms with Gasteiger partial charge in [0.2, 0.25) is 11.6 Å². The third-order valence-corrected chi connectivity index (χ3v) is 8.76. The molecule has 7 N–H and O–H groups in total. The zero-order valence-electron chi connectivity index (χ0n) is 25.5. The Morgan fingerprint density at radius 1 is 0.962 bits per heavy atom. The minimum Gasteiger partial charge on any atom is -0.506 e. The molecular weight excluding hydrogens is 881 g/mol. The zero-order valence-corrected chi connectivity index (χ0v) is 31.8. The number of aromatic hydroxyl groups is 3. The molecule has 1 unspecified atom stereocenters. The minimum absolute atomic E-state index is 0. The third kappa shape index (κ3) is 9.17. The monoisotopic (exact) mass is 900 g/mol. The van der Waals surface area contributed by atoms with Crippen LogP contribution in [-0.4, -0.2) is 70.3 Å². The number of phenolic OH excluding ortho intramolecular Hbond substituents is 2. The van der Waals surface area contributed by atoms with Crippen molar-refractivity contribution in [3.8, 4) is 28.8 Å². The second-order valence-corrected chi connectivity index (χ2v) is 12.7. The maximum Gasteiger partial charge on any atom is 0.358 e. The van der Waals surface area contributed by atoms with Crippen LogP contribution in [0.4, 0.5) is 22.7 Å². The summed E-state index contributed by atoms with van der Waals surface area (Å²) in [6.07, 6.45) is 0. The average molecular weight is 901 g/mol.